The Labute approximate surface area is 116 Å². The van der Waals surface area contributed by atoms with Crippen LogP contribution in [-0.2, 0) is 4.79 Å². The number of carboxylic acids is 1. The average molecular weight is 276 g/mol. The van der Waals surface area contributed by atoms with Crippen molar-refractivity contribution in [2.45, 2.75) is 32.7 Å². The van der Waals surface area contributed by atoms with Crippen LogP contribution >= 0.6 is 0 Å². The molecule has 20 heavy (non-hydrogen) atoms. The molecule has 0 aliphatic carbocycles. The number of aromatic nitrogens is 3. The highest BCUT2D eigenvalue weighted by Crippen LogP contribution is 2.21. The van der Waals surface area contributed by atoms with Crippen LogP contribution in [0.5, 0.6) is 0 Å². The molecular weight excluding hydrogens is 260 g/mol. The first-order chi connectivity index (χ1) is 9.47. The minimum absolute atomic E-state index is 0.180. The van der Waals surface area contributed by atoms with Gasteiger partial charge in [-0.3, -0.25) is 4.79 Å². The number of carboxylic acid groups (broad SMARTS) is 1. The van der Waals surface area contributed by atoms with Gasteiger partial charge in [-0.05, 0) is 19.1 Å². The quantitative estimate of drug-likeness (QED) is 0.862. The summed E-state index contributed by atoms with van der Waals surface area (Å²) in [5.74, 6) is 0.699. The van der Waals surface area contributed by atoms with Crippen LogP contribution in [0.2, 0.25) is 0 Å². The van der Waals surface area contributed by atoms with Gasteiger partial charge >= 0.3 is 5.97 Å². The largest absolute Gasteiger partial charge is 0.480 e. The van der Waals surface area contributed by atoms with E-state index in [-0.39, 0.29) is 5.92 Å². The molecule has 2 N–H and O–H groups in total. The van der Waals surface area contributed by atoms with Gasteiger partial charge in [-0.2, -0.15) is 4.98 Å². The highest BCUT2D eigenvalue weighted by molar-refractivity contribution is 5.76. The van der Waals surface area contributed by atoms with E-state index in [2.05, 4.69) is 20.4 Å². The lowest BCUT2D eigenvalue weighted by Crippen LogP contribution is -2.25. The average Bonchev–Trinajstić information content (AvgIpc) is 2.88. The fourth-order valence-electron chi connectivity index (χ4n) is 1.51. The summed E-state index contributed by atoms with van der Waals surface area (Å²) in [5, 5.41) is 15.5. The van der Waals surface area contributed by atoms with Crippen LogP contribution in [0.15, 0.2) is 22.9 Å². The number of nitrogens with one attached hydrogen (secondary N) is 1. The first kappa shape index (κ1) is 14.0. The van der Waals surface area contributed by atoms with Crippen LogP contribution in [0.3, 0.4) is 0 Å². The van der Waals surface area contributed by atoms with Gasteiger partial charge in [0.05, 0.1) is 0 Å². The van der Waals surface area contributed by atoms with Crippen molar-refractivity contribution >= 4 is 11.8 Å². The van der Waals surface area contributed by atoms with E-state index in [4.69, 9.17) is 9.63 Å². The molecule has 2 aromatic rings. The highest BCUT2D eigenvalue weighted by Gasteiger charge is 2.14. The number of pyridine rings is 1. The minimum Gasteiger partial charge on any atom is -0.480 e. The van der Waals surface area contributed by atoms with E-state index in [0.29, 0.717) is 23.1 Å². The van der Waals surface area contributed by atoms with E-state index < -0.39 is 12.0 Å². The maximum absolute atomic E-state index is 10.8. The Bertz CT molecular complexity index is 609. The Hall–Kier alpha value is -2.44. The van der Waals surface area contributed by atoms with Crippen molar-refractivity contribution in [3.05, 3.63) is 24.2 Å². The first-order valence-corrected chi connectivity index (χ1v) is 6.26. The fraction of sp³-hybridized carbons (Fsp3) is 0.385. The van der Waals surface area contributed by atoms with Crippen LogP contribution < -0.4 is 5.32 Å². The lowest BCUT2D eigenvalue weighted by molar-refractivity contribution is -0.137. The van der Waals surface area contributed by atoms with Crippen molar-refractivity contribution in [2.24, 2.45) is 0 Å². The predicted octanol–water partition coefficient (Wildman–Crippen LogP) is 2.14. The van der Waals surface area contributed by atoms with Gasteiger partial charge in [0.25, 0.3) is 5.89 Å². The van der Waals surface area contributed by atoms with Crippen LogP contribution in [0.25, 0.3) is 11.5 Å². The molecule has 0 bridgehead atoms. The Kier molecular flexibility index (Phi) is 3.97. The van der Waals surface area contributed by atoms with E-state index in [9.17, 15) is 4.79 Å². The monoisotopic (exact) mass is 276 g/mol. The summed E-state index contributed by atoms with van der Waals surface area (Å²) in [6.45, 7) is 5.49. The van der Waals surface area contributed by atoms with Crippen LogP contribution in [-0.4, -0.2) is 32.2 Å². The third kappa shape index (κ3) is 3.11. The van der Waals surface area contributed by atoms with Crippen LogP contribution in [0.1, 0.15) is 32.5 Å². The Morgan fingerprint density at radius 1 is 1.40 bits per heavy atom. The second kappa shape index (κ2) is 5.68. The summed E-state index contributed by atoms with van der Waals surface area (Å²) < 4.78 is 5.19. The molecule has 2 aromatic heterocycles. The molecule has 0 aliphatic rings. The molecule has 2 heterocycles. The van der Waals surface area contributed by atoms with Crippen molar-refractivity contribution in [2.75, 3.05) is 5.32 Å². The van der Waals surface area contributed by atoms with E-state index >= 15 is 0 Å². The molecule has 0 aliphatic heterocycles. The Balaban J connectivity index is 2.22. The van der Waals surface area contributed by atoms with Gasteiger partial charge in [-0.1, -0.05) is 19.0 Å². The zero-order valence-corrected chi connectivity index (χ0v) is 11.5. The standard InChI is InChI=1S/C13H16N4O3/c1-7(2)11-16-12(20-17-11)9-4-5-14-10(6-9)15-8(3)13(18)19/h4-8H,1-3H3,(H,14,15)(H,18,19). The number of hydrogen-bond acceptors (Lipinski definition) is 6. The molecule has 1 atom stereocenters. The van der Waals surface area contributed by atoms with E-state index in [1.165, 1.54) is 0 Å². The van der Waals surface area contributed by atoms with Crippen molar-refractivity contribution in [3.8, 4) is 11.5 Å². The van der Waals surface area contributed by atoms with Crippen molar-refractivity contribution in [1.29, 1.82) is 0 Å². The number of anilines is 1. The maximum atomic E-state index is 10.8. The molecule has 7 heteroatoms. The SMILES string of the molecule is CC(Nc1cc(-c2nc(C(C)C)no2)ccn1)C(=O)O. The van der Waals surface area contributed by atoms with Gasteiger partial charge in [0.15, 0.2) is 5.82 Å². The molecule has 0 amide bonds. The smallest absolute Gasteiger partial charge is 0.325 e. The Morgan fingerprint density at radius 3 is 2.75 bits per heavy atom. The van der Waals surface area contributed by atoms with Gasteiger partial charge < -0.3 is 14.9 Å². The predicted molar refractivity (Wildman–Crippen MR) is 72.3 cm³/mol. The molecule has 0 aromatic carbocycles. The summed E-state index contributed by atoms with van der Waals surface area (Å²) in [4.78, 5) is 19.2. The summed E-state index contributed by atoms with van der Waals surface area (Å²) in [7, 11) is 0. The van der Waals surface area contributed by atoms with Gasteiger partial charge in [0.1, 0.15) is 11.9 Å². The molecular formula is C13H16N4O3. The van der Waals surface area contributed by atoms with Crippen LogP contribution in [0, 0.1) is 0 Å². The molecule has 0 saturated carbocycles. The zero-order valence-electron chi connectivity index (χ0n) is 11.5. The zero-order chi connectivity index (χ0) is 14.7. The van der Waals surface area contributed by atoms with Crippen LogP contribution in [0.4, 0.5) is 5.82 Å². The lowest BCUT2D eigenvalue weighted by Gasteiger charge is -2.09. The maximum Gasteiger partial charge on any atom is 0.325 e. The number of hydrogen-bond donors (Lipinski definition) is 2. The second-order valence-corrected chi connectivity index (χ2v) is 4.75. The number of rotatable bonds is 5. The first-order valence-electron chi connectivity index (χ1n) is 6.26. The topological polar surface area (TPSA) is 101 Å². The second-order valence-electron chi connectivity index (χ2n) is 4.75. The van der Waals surface area contributed by atoms with E-state index in [1.807, 2.05) is 13.8 Å². The molecule has 0 fully saturated rings. The normalized spacial score (nSPS) is 12.4. The minimum atomic E-state index is -0.947. The summed E-state index contributed by atoms with van der Waals surface area (Å²) in [6, 6.07) is 2.68. The molecule has 1 unspecified atom stereocenters. The fourth-order valence-corrected chi connectivity index (χ4v) is 1.51. The summed E-state index contributed by atoms with van der Waals surface area (Å²) >= 11 is 0. The number of nitrogens with zero attached hydrogens (tertiary/aromatic N) is 3. The molecule has 0 spiro atoms. The van der Waals surface area contributed by atoms with Gasteiger partial charge in [0, 0.05) is 17.7 Å². The summed E-state index contributed by atoms with van der Waals surface area (Å²) in [5.41, 5.74) is 0.694. The van der Waals surface area contributed by atoms with Gasteiger partial charge in [-0.25, -0.2) is 4.98 Å². The molecule has 106 valence electrons. The lowest BCUT2D eigenvalue weighted by atomic mass is 10.2. The van der Waals surface area contributed by atoms with Crippen molar-refractivity contribution in [3.63, 3.8) is 0 Å². The van der Waals surface area contributed by atoms with Gasteiger partial charge in [0.2, 0.25) is 0 Å². The number of aliphatic carboxylic acids is 1. The van der Waals surface area contributed by atoms with E-state index in [0.717, 1.165) is 0 Å². The Morgan fingerprint density at radius 2 is 2.15 bits per heavy atom. The highest BCUT2D eigenvalue weighted by atomic mass is 16.5. The summed E-state index contributed by atoms with van der Waals surface area (Å²) in [6.07, 6.45) is 1.56. The van der Waals surface area contributed by atoms with Gasteiger partial charge in [-0.15, -0.1) is 0 Å². The molecule has 0 saturated heterocycles. The molecule has 0 radical (unpaired) electrons. The van der Waals surface area contributed by atoms with Crippen molar-refractivity contribution < 1.29 is 14.4 Å². The number of carbonyl (C=O) groups is 1. The molecule has 2 rings (SSSR count). The third-order valence-corrected chi connectivity index (χ3v) is 2.70. The molecule has 7 nitrogen and oxygen atoms in total. The van der Waals surface area contributed by atoms with Crippen molar-refractivity contribution in [1.82, 2.24) is 15.1 Å². The third-order valence-electron chi connectivity index (χ3n) is 2.70. The van der Waals surface area contributed by atoms with E-state index in [1.54, 1.807) is 25.3 Å².